The number of carbonyl (C=O) groups is 2. The molecule has 1 heterocycles. The standard InChI is InChI=1S/C26H22FNO4/c1-15-7-12-20(13-16(15)2)28-23(17-8-10-19(27)11-9-17)22(25(30)26(28)31)24(29)18-5-4-6-21(14-18)32-3/h4-14,23,29H,1-3H3/b24-22+. The third kappa shape index (κ3) is 3.64. The minimum absolute atomic E-state index is 0.0620. The molecule has 6 heteroatoms. The van der Waals surface area contributed by atoms with Gasteiger partial charge in [-0.1, -0.05) is 30.3 Å². The number of anilines is 1. The fourth-order valence-corrected chi connectivity index (χ4v) is 3.86. The van der Waals surface area contributed by atoms with Gasteiger partial charge in [0, 0.05) is 11.3 Å². The van der Waals surface area contributed by atoms with Crippen LogP contribution >= 0.6 is 0 Å². The highest BCUT2D eigenvalue weighted by molar-refractivity contribution is 6.51. The van der Waals surface area contributed by atoms with Crippen LogP contribution in [0.3, 0.4) is 0 Å². The number of halogens is 1. The second-order valence-electron chi connectivity index (χ2n) is 7.72. The first kappa shape index (κ1) is 21.3. The molecule has 1 aliphatic rings. The van der Waals surface area contributed by atoms with Gasteiger partial charge < -0.3 is 9.84 Å². The van der Waals surface area contributed by atoms with Crippen LogP contribution in [0.1, 0.15) is 28.3 Å². The minimum Gasteiger partial charge on any atom is -0.507 e. The molecule has 3 aromatic carbocycles. The number of amides is 1. The van der Waals surface area contributed by atoms with Crippen molar-refractivity contribution < 1.29 is 23.8 Å². The van der Waals surface area contributed by atoms with Crippen LogP contribution in [-0.4, -0.2) is 23.9 Å². The number of Topliss-reactive ketones (excluding diaryl/α,β-unsaturated/α-hetero) is 1. The van der Waals surface area contributed by atoms with Crippen LogP contribution < -0.4 is 9.64 Å². The van der Waals surface area contributed by atoms with Crippen LogP contribution in [0.25, 0.3) is 5.76 Å². The van der Waals surface area contributed by atoms with Crippen molar-refractivity contribution in [2.75, 3.05) is 12.0 Å². The third-order valence-electron chi connectivity index (χ3n) is 5.74. The molecule has 0 aliphatic carbocycles. The fraction of sp³-hybridized carbons (Fsp3) is 0.154. The lowest BCUT2D eigenvalue weighted by atomic mass is 9.95. The van der Waals surface area contributed by atoms with E-state index in [1.54, 1.807) is 30.3 Å². The average Bonchev–Trinajstić information content (AvgIpc) is 3.06. The van der Waals surface area contributed by atoms with E-state index >= 15 is 0 Å². The number of ether oxygens (including phenoxy) is 1. The number of hydrogen-bond donors (Lipinski definition) is 1. The maximum absolute atomic E-state index is 13.6. The zero-order valence-electron chi connectivity index (χ0n) is 17.9. The largest absolute Gasteiger partial charge is 0.507 e. The monoisotopic (exact) mass is 431 g/mol. The van der Waals surface area contributed by atoms with E-state index in [9.17, 15) is 19.1 Å². The number of aliphatic hydroxyl groups is 1. The van der Waals surface area contributed by atoms with Gasteiger partial charge in [0.25, 0.3) is 11.7 Å². The number of hydrogen-bond acceptors (Lipinski definition) is 4. The number of benzene rings is 3. The Morgan fingerprint density at radius 2 is 1.69 bits per heavy atom. The summed E-state index contributed by atoms with van der Waals surface area (Å²) >= 11 is 0. The van der Waals surface area contributed by atoms with Gasteiger partial charge in [0.1, 0.15) is 17.3 Å². The predicted octanol–water partition coefficient (Wildman–Crippen LogP) is 5.08. The Labute approximate surface area is 185 Å². The van der Waals surface area contributed by atoms with Crippen LogP contribution in [0, 0.1) is 19.7 Å². The first-order valence-corrected chi connectivity index (χ1v) is 10.1. The summed E-state index contributed by atoms with van der Waals surface area (Å²) in [5, 5.41) is 11.1. The zero-order chi connectivity index (χ0) is 23.0. The van der Waals surface area contributed by atoms with Gasteiger partial charge in [0.15, 0.2) is 0 Å². The van der Waals surface area contributed by atoms with E-state index in [1.165, 1.54) is 36.3 Å². The molecular formula is C26H22FNO4. The molecule has 0 saturated carbocycles. The van der Waals surface area contributed by atoms with Gasteiger partial charge in [-0.05, 0) is 66.9 Å². The van der Waals surface area contributed by atoms with E-state index in [1.807, 2.05) is 26.0 Å². The molecule has 4 rings (SSSR count). The first-order chi connectivity index (χ1) is 15.3. The molecule has 0 bridgehead atoms. The molecule has 32 heavy (non-hydrogen) atoms. The predicted molar refractivity (Wildman–Crippen MR) is 120 cm³/mol. The Balaban J connectivity index is 1.95. The number of ketones is 1. The number of aryl methyl sites for hydroxylation is 2. The number of nitrogens with zero attached hydrogens (tertiary/aromatic N) is 1. The molecule has 0 aromatic heterocycles. The van der Waals surface area contributed by atoms with E-state index < -0.39 is 23.5 Å². The molecule has 1 amide bonds. The summed E-state index contributed by atoms with van der Waals surface area (Å²) in [6.07, 6.45) is 0. The lowest BCUT2D eigenvalue weighted by Crippen LogP contribution is -2.29. The van der Waals surface area contributed by atoms with Gasteiger partial charge in [0.05, 0.1) is 18.7 Å². The van der Waals surface area contributed by atoms with E-state index in [0.717, 1.165) is 11.1 Å². The highest BCUT2D eigenvalue weighted by Gasteiger charge is 2.47. The molecule has 1 fully saturated rings. The number of rotatable bonds is 4. The molecule has 3 aromatic rings. The van der Waals surface area contributed by atoms with Crippen LogP contribution in [0.4, 0.5) is 10.1 Å². The Morgan fingerprint density at radius 1 is 0.969 bits per heavy atom. The SMILES string of the molecule is COc1cccc(/C(O)=C2\C(=O)C(=O)N(c3ccc(C)c(C)c3)C2c2ccc(F)cc2)c1. The van der Waals surface area contributed by atoms with Crippen molar-refractivity contribution >= 4 is 23.1 Å². The molecule has 0 spiro atoms. The summed E-state index contributed by atoms with van der Waals surface area (Å²) in [5.74, 6) is -1.83. The molecule has 1 saturated heterocycles. The summed E-state index contributed by atoms with van der Waals surface area (Å²) in [6, 6.07) is 16.7. The second kappa shape index (κ2) is 8.30. The van der Waals surface area contributed by atoms with Crippen LogP contribution in [0.5, 0.6) is 5.75 Å². The third-order valence-corrected chi connectivity index (χ3v) is 5.74. The van der Waals surface area contributed by atoms with Crippen molar-refractivity contribution in [3.63, 3.8) is 0 Å². The lowest BCUT2D eigenvalue weighted by Gasteiger charge is -2.26. The van der Waals surface area contributed by atoms with Crippen molar-refractivity contribution in [2.45, 2.75) is 19.9 Å². The van der Waals surface area contributed by atoms with E-state index in [-0.39, 0.29) is 11.3 Å². The van der Waals surface area contributed by atoms with E-state index in [4.69, 9.17) is 4.74 Å². The number of methoxy groups -OCH3 is 1. The first-order valence-electron chi connectivity index (χ1n) is 10.1. The van der Waals surface area contributed by atoms with Crippen LogP contribution in [0.2, 0.25) is 0 Å². The van der Waals surface area contributed by atoms with Crippen molar-refractivity contribution in [1.29, 1.82) is 0 Å². The van der Waals surface area contributed by atoms with Crippen LogP contribution in [-0.2, 0) is 9.59 Å². The Kier molecular flexibility index (Phi) is 5.53. The lowest BCUT2D eigenvalue weighted by molar-refractivity contribution is -0.132. The summed E-state index contributed by atoms with van der Waals surface area (Å²) < 4.78 is 18.8. The van der Waals surface area contributed by atoms with Gasteiger partial charge in [-0.2, -0.15) is 0 Å². The highest BCUT2D eigenvalue weighted by Crippen LogP contribution is 2.42. The number of aliphatic hydroxyl groups excluding tert-OH is 1. The maximum Gasteiger partial charge on any atom is 0.300 e. The molecule has 162 valence electrons. The molecule has 1 N–H and O–H groups in total. The second-order valence-corrected chi connectivity index (χ2v) is 7.72. The fourth-order valence-electron chi connectivity index (χ4n) is 3.86. The molecular weight excluding hydrogens is 409 g/mol. The van der Waals surface area contributed by atoms with Gasteiger partial charge in [-0.25, -0.2) is 4.39 Å². The Hall–Kier alpha value is -3.93. The van der Waals surface area contributed by atoms with Crippen molar-refractivity contribution in [3.05, 3.63) is 100 Å². The molecule has 0 radical (unpaired) electrons. The maximum atomic E-state index is 13.6. The van der Waals surface area contributed by atoms with Gasteiger partial charge in [-0.15, -0.1) is 0 Å². The Morgan fingerprint density at radius 3 is 2.34 bits per heavy atom. The Bertz CT molecular complexity index is 1250. The van der Waals surface area contributed by atoms with Gasteiger partial charge >= 0.3 is 0 Å². The molecule has 5 nitrogen and oxygen atoms in total. The van der Waals surface area contributed by atoms with Crippen molar-refractivity contribution in [1.82, 2.24) is 0 Å². The van der Waals surface area contributed by atoms with E-state index in [0.29, 0.717) is 22.6 Å². The van der Waals surface area contributed by atoms with Crippen LogP contribution in [0.15, 0.2) is 72.3 Å². The average molecular weight is 431 g/mol. The van der Waals surface area contributed by atoms with Crippen molar-refractivity contribution in [3.8, 4) is 5.75 Å². The normalized spacial score (nSPS) is 17.6. The zero-order valence-corrected chi connectivity index (χ0v) is 17.9. The highest BCUT2D eigenvalue weighted by atomic mass is 19.1. The summed E-state index contributed by atoms with van der Waals surface area (Å²) in [6.45, 7) is 3.87. The quantitative estimate of drug-likeness (QED) is 0.356. The topological polar surface area (TPSA) is 66.8 Å². The summed E-state index contributed by atoms with van der Waals surface area (Å²) in [7, 11) is 1.50. The molecule has 1 aliphatic heterocycles. The summed E-state index contributed by atoms with van der Waals surface area (Å²) in [5.41, 5.74) is 3.31. The van der Waals surface area contributed by atoms with Crippen molar-refractivity contribution in [2.24, 2.45) is 0 Å². The summed E-state index contributed by atoms with van der Waals surface area (Å²) in [4.78, 5) is 27.7. The van der Waals surface area contributed by atoms with Gasteiger partial charge in [0.2, 0.25) is 0 Å². The van der Waals surface area contributed by atoms with E-state index in [2.05, 4.69) is 0 Å². The molecule has 1 unspecified atom stereocenters. The van der Waals surface area contributed by atoms with Gasteiger partial charge in [-0.3, -0.25) is 14.5 Å². The molecule has 1 atom stereocenters. The minimum atomic E-state index is -0.913. The smallest absolute Gasteiger partial charge is 0.300 e. The number of carbonyl (C=O) groups excluding carboxylic acids is 2.